The molecule has 0 aliphatic carbocycles. The summed E-state index contributed by atoms with van der Waals surface area (Å²) in [5.41, 5.74) is 2.89. The lowest BCUT2D eigenvalue weighted by Crippen LogP contribution is -2.00. The number of benzene rings is 1. The van der Waals surface area contributed by atoms with Gasteiger partial charge in [0.15, 0.2) is 0 Å². The normalized spacial score (nSPS) is 10.6. The van der Waals surface area contributed by atoms with E-state index in [2.05, 4.69) is 29.9 Å². The van der Waals surface area contributed by atoms with Gasteiger partial charge in [-0.2, -0.15) is 5.26 Å². The van der Waals surface area contributed by atoms with E-state index in [-0.39, 0.29) is 0 Å². The molecule has 0 saturated carbocycles. The molecule has 4 heteroatoms. The number of rotatable bonds is 4. The van der Waals surface area contributed by atoms with Gasteiger partial charge in [0.05, 0.1) is 11.6 Å². The maximum absolute atomic E-state index is 8.78. The number of nitrogens with zero attached hydrogens (tertiary/aromatic N) is 3. The average molecular weight is 283 g/mol. The summed E-state index contributed by atoms with van der Waals surface area (Å²) in [6.45, 7) is 6.20. The molecule has 3 nitrogen and oxygen atoms in total. The summed E-state index contributed by atoms with van der Waals surface area (Å²) in [4.78, 5) is 9.03. The molecular formula is C16H17N3S. The van der Waals surface area contributed by atoms with Gasteiger partial charge in [0.25, 0.3) is 0 Å². The Kier molecular flexibility index (Phi) is 4.75. The zero-order valence-electron chi connectivity index (χ0n) is 11.9. The molecule has 102 valence electrons. The summed E-state index contributed by atoms with van der Waals surface area (Å²) >= 11 is 1.70. The molecule has 0 unspecified atom stereocenters. The van der Waals surface area contributed by atoms with Crippen molar-refractivity contribution >= 4 is 11.8 Å². The molecule has 2 aromatic rings. The third-order valence-corrected chi connectivity index (χ3v) is 3.82. The van der Waals surface area contributed by atoms with Crippen molar-refractivity contribution in [2.45, 2.75) is 37.5 Å². The Morgan fingerprint density at radius 2 is 1.90 bits per heavy atom. The van der Waals surface area contributed by atoms with E-state index in [1.54, 1.807) is 11.8 Å². The second kappa shape index (κ2) is 6.53. The van der Waals surface area contributed by atoms with Gasteiger partial charge in [-0.15, -0.1) is 11.8 Å². The molecule has 0 fully saturated rings. The molecule has 0 saturated heterocycles. The first kappa shape index (κ1) is 14.5. The van der Waals surface area contributed by atoms with Crippen LogP contribution in [0.1, 0.15) is 42.4 Å². The second-order valence-corrected chi connectivity index (χ2v) is 5.95. The number of hydrogen-bond donors (Lipinski definition) is 0. The molecule has 1 aromatic carbocycles. The van der Waals surface area contributed by atoms with Crippen molar-refractivity contribution in [1.29, 1.82) is 5.26 Å². The molecule has 0 spiro atoms. The first-order chi connectivity index (χ1) is 9.58. The van der Waals surface area contributed by atoms with Crippen molar-refractivity contribution in [2.24, 2.45) is 0 Å². The van der Waals surface area contributed by atoms with E-state index in [4.69, 9.17) is 5.26 Å². The SMILES string of the molecule is Cc1cc(SCc2ccc(C#N)cc2)nc(C(C)C)n1. The minimum Gasteiger partial charge on any atom is -0.238 e. The highest BCUT2D eigenvalue weighted by molar-refractivity contribution is 7.98. The van der Waals surface area contributed by atoms with Crippen molar-refractivity contribution in [3.05, 3.63) is 53.0 Å². The zero-order chi connectivity index (χ0) is 14.5. The molecule has 1 heterocycles. The van der Waals surface area contributed by atoms with Crippen molar-refractivity contribution in [2.75, 3.05) is 0 Å². The fourth-order valence-corrected chi connectivity index (χ4v) is 2.65. The maximum atomic E-state index is 8.78. The van der Waals surface area contributed by atoms with Crippen LogP contribution in [0, 0.1) is 18.3 Å². The summed E-state index contributed by atoms with van der Waals surface area (Å²) in [5.74, 6) is 2.08. The lowest BCUT2D eigenvalue weighted by atomic mass is 10.2. The molecule has 1 aromatic heterocycles. The van der Waals surface area contributed by atoms with Gasteiger partial charge in [0.2, 0.25) is 0 Å². The summed E-state index contributed by atoms with van der Waals surface area (Å²) in [6.07, 6.45) is 0. The highest BCUT2D eigenvalue weighted by Crippen LogP contribution is 2.23. The Bertz CT molecular complexity index is 627. The van der Waals surface area contributed by atoms with Crippen LogP contribution in [-0.4, -0.2) is 9.97 Å². The molecule has 20 heavy (non-hydrogen) atoms. The van der Waals surface area contributed by atoms with Crippen LogP contribution in [0.15, 0.2) is 35.4 Å². The lowest BCUT2D eigenvalue weighted by molar-refractivity contribution is 0.744. The third kappa shape index (κ3) is 3.82. The van der Waals surface area contributed by atoms with Crippen molar-refractivity contribution < 1.29 is 0 Å². The monoisotopic (exact) mass is 283 g/mol. The van der Waals surface area contributed by atoms with Crippen LogP contribution in [-0.2, 0) is 5.75 Å². The van der Waals surface area contributed by atoms with Gasteiger partial charge in [-0.3, -0.25) is 0 Å². The van der Waals surface area contributed by atoms with Crippen LogP contribution in [0.5, 0.6) is 0 Å². The first-order valence-electron chi connectivity index (χ1n) is 6.56. The largest absolute Gasteiger partial charge is 0.238 e. The molecule has 0 atom stereocenters. The lowest BCUT2D eigenvalue weighted by Gasteiger charge is -2.08. The fourth-order valence-electron chi connectivity index (χ4n) is 1.73. The van der Waals surface area contributed by atoms with E-state index in [1.807, 2.05) is 37.3 Å². The van der Waals surface area contributed by atoms with Crippen LogP contribution < -0.4 is 0 Å². The summed E-state index contributed by atoms with van der Waals surface area (Å²) in [7, 11) is 0. The summed E-state index contributed by atoms with van der Waals surface area (Å²) in [6, 6.07) is 11.8. The number of aryl methyl sites for hydroxylation is 1. The van der Waals surface area contributed by atoms with E-state index in [1.165, 1.54) is 5.56 Å². The molecule has 2 rings (SSSR count). The van der Waals surface area contributed by atoms with E-state index < -0.39 is 0 Å². The number of hydrogen-bond acceptors (Lipinski definition) is 4. The first-order valence-corrected chi connectivity index (χ1v) is 7.54. The van der Waals surface area contributed by atoms with E-state index >= 15 is 0 Å². The minimum atomic E-state index is 0.337. The topological polar surface area (TPSA) is 49.6 Å². The minimum absolute atomic E-state index is 0.337. The highest BCUT2D eigenvalue weighted by atomic mass is 32.2. The summed E-state index contributed by atoms with van der Waals surface area (Å²) in [5, 5.41) is 9.78. The predicted octanol–water partition coefficient (Wildman–Crippen LogP) is 4.07. The van der Waals surface area contributed by atoms with Gasteiger partial charge in [-0.05, 0) is 30.7 Å². The van der Waals surface area contributed by atoms with Gasteiger partial charge < -0.3 is 0 Å². The molecule has 0 aliphatic rings. The highest BCUT2D eigenvalue weighted by Gasteiger charge is 2.07. The van der Waals surface area contributed by atoms with Crippen LogP contribution in [0.4, 0.5) is 0 Å². The standard InChI is InChI=1S/C16H17N3S/c1-11(2)16-18-12(3)8-15(19-16)20-10-14-6-4-13(9-17)5-7-14/h4-8,11H,10H2,1-3H3. The second-order valence-electron chi connectivity index (χ2n) is 4.96. The van der Waals surface area contributed by atoms with Crippen LogP contribution >= 0.6 is 11.8 Å². The van der Waals surface area contributed by atoms with Crippen molar-refractivity contribution in [1.82, 2.24) is 9.97 Å². The van der Waals surface area contributed by atoms with Crippen LogP contribution in [0.3, 0.4) is 0 Å². The predicted molar refractivity (Wildman–Crippen MR) is 81.6 cm³/mol. The van der Waals surface area contributed by atoms with Gasteiger partial charge in [-0.1, -0.05) is 26.0 Å². The maximum Gasteiger partial charge on any atom is 0.132 e. The number of thioether (sulfide) groups is 1. The number of aromatic nitrogens is 2. The molecule has 0 bridgehead atoms. The average Bonchev–Trinajstić information content (AvgIpc) is 2.45. The van der Waals surface area contributed by atoms with Gasteiger partial charge in [0.1, 0.15) is 10.9 Å². The van der Waals surface area contributed by atoms with Gasteiger partial charge >= 0.3 is 0 Å². The Morgan fingerprint density at radius 3 is 2.50 bits per heavy atom. The smallest absolute Gasteiger partial charge is 0.132 e. The van der Waals surface area contributed by atoms with Crippen LogP contribution in [0.25, 0.3) is 0 Å². The summed E-state index contributed by atoms with van der Waals surface area (Å²) < 4.78 is 0. The van der Waals surface area contributed by atoms with Crippen LogP contribution in [0.2, 0.25) is 0 Å². The fraction of sp³-hybridized carbons (Fsp3) is 0.312. The molecule has 0 radical (unpaired) electrons. The van der Waals surface area contributed by atoms with Crippen molar-refractivity contribution in [3.63, 3.8) is 0 Å². The quantitative estimate of drug-likeness (QED) is 0.627. The molecule has 0 N–H and O–H groups in total. The molecule has 0 amide bonds. The van der Waals surface area contributed by atoms with Gasteiger partial charge in [-0.25, -0.2) is 9.97 Å². The van der Waals surface area contributed by atoms with Gasteiger partial charge in [0, 0.05) is 17.4 Å². The van der Waals surface area contributed by atoms with E-state index in [0.29, 0.717) is 11.5 Å². The molecular weight excluding hydrogens is 266 g/mol. The van der Waals surface area contributed by atoms with Crippen molar-refractivity contribution in [3.8, 4) is 6.07 Å². The van der Waals surface area contributed by atoms with E-state index in [9.17, 15) is 0 Å². The number of nitriles is 1. The Hall–Kier alpha value is -1.86. The third-order valence-electron chi connectivity index (χ3n) is 2.83. The Labute approximate surface area is 124 Å². The Morgan fingerprint density at radius 1 is 1.20 bits per heavy atom. The zero-order valence-corrected chi connectivity index (χ0v) is 12.7. The molecule has 0 aliphatic heterocycles. The Balaban J connectivity index is 2.08. The van der Waals surface area contributed by atoms with E-state index in [0.717, 1.165) is 22.3 Å².